The minimum absolute atomic E-state index is 0.0990. The van der Waals surface area contributed by atoms with Gasteiger partial charge in [0.2, 0.25) is 0 Å². The molecule has 0 aliphatic carbocycles. The van der Waals surface area contributed by atoms with Crippen LogP contribution in [0.3, 0.4) is 0 Å². The topological polar surface area (TPSA) is 109 Å². The summed E-state index contributed by atoms with van der Waals surface area (Å²) in [5, 5.41) is 17.9. The van der Waals surface area contributed by atoms with Gasteiger partial charge in [-0.2, -0.15) is 0 Å². The second kappa shape index (κ2) is 9.96. The molecule has 2 aromatic heterocycles. The lowest BCUT2D eigenvalue weighted by molar-refractivity contribution is 0.292. The first-order valence-electron chi connectivity index (χ1n) is 8.93. The Morgan fingerprint density at radius 1 is 1.15 bits per heavy atom. The van der Waals surface area contributed by atoms with Crippen LogP contribution in [0.25, 0.3) is 0 Å². The lowest BCUT2D eigenvalue weighted by Gasteiger charge is -2.09. The van der Waals surface area contributed by atoms with Crippen LogP contribution < -0.4 is 16.4 Å². The standard InChI is InChI=1S/C19H24N6OS/c20-15(8-7-14-5-2-1-3-6-14)16-12-27-19(24-16)25-18-11-17(22-13-23-18)21-9-4-10-26/h1-3,5-6,11-13,15,26H,4,7-10,20H2,(H2,21,22,23,24,25). The Morgan fingerprint density at radius 2 is 1.96 bits per heavy atom. The first-order chi connectivity index (χ1) is 13.2. The van der Waals surface area contributed by atoms with Crippen molar-refractivity contribution in [1.82, 2.24) is 15.0 Å². The fourth-order valence-electron chi connectivity index (χ4n) is 2.56. The van der Waals surface area contributed by atoms with Gasteiger partial charge in [0.25, 0.3) is 0 Å². The van der Waals surface area contributed by atoms with Crippen LogP contribution in [0, 0.1) is 0 Å². The number of benzene rings is 1. The van der Waals surface area contributed by atoms with E-state index in [1.165, 1.54) is 23.2 Å². The summed E-state index contributed by atoms with van der Waals surface area (Å²) in [4.78, 5) is 13.0. The molecule has 142 valence electrons. The van der Waals surface area contributed by atoms with E-state index in [0.717, 1.165) is 23.7 Å². The van der Waals surface area contributed by atoms with Crippen LogP contribution in [0.5, 0.6) is 0 Å². The van der Waals surface area contributed by atoms with E-state index in [9.17, 15) is 0 Å². The number of aliphatic hydroxyl groups is 1. The first kappa shape index (κ1) is 19.2. The van der Waals surface area contributed by atoms with E-state index in [1.54, 1.807) is 0 Å². The molecule has 1 unspecified atom stereocenters. The average Bonchev–Trinajstić information content (AvgIpc) is 3.16. The number of aryl methyl sites for hydroxylation is 1. The summed E-state index contributed by atoms with van der Waals surface area (Å²) in [6.07, 6.45) is 3.93. The highest BCUT2D eigenvalue weighted by molar-refractivity contribution is 7.13. The summed E-state index contributed by atoms with van der Waals surface area (Å²) in [7, 11) is 0. The van der Waals surface area contributed by atoms with Gasteiger partial charge in [0.1, 0.15) is 18.0 Å². The summed E-state index contributed by atoms with van der Waals surface area (Å²) in [5.74, 6) is 1.37. The van der Waals surface area contributed by atoms with Crippen molar-refractivity contribution in [3.05, 3.63) is 59.4 Å². The molecule has 0 radical (unpaired) electrons. The van der Waals surface area contributed by atoms with E-state index in [0.29, 0.717) is 24.6 Å². The molecule has 0 saturated carbocycles. The SMILES string of the molecule is NC(CCc1ccccc1)c1csc(Nc2cc(NCCCO)ncn2)n1. The number of hydrogen-bond acceptors (Lipinski definition) is 8. The third-order valence-corrected chi connectivity index (χ3v) is 4.81. The molecule has 3 aromatic rings. The van der Waals surface area contributed by atoms with E-state index < -0.39 is 0 Å². The van der Waals surface area contributed by atoms with Crippen molar-refractivity contribution >= 4 is 28.1 Å². The van der Waals surface area contributed by atoms with Gasteiger partial charge in [-0.1, -0.05) is 30.3 Å². The van der Waals surface area contributed by atoms with Crippen molar-refractivity contribution in [3.8, 4) is 0 Å². The van der Waals surface area contributed by atoms with Gasteiger partial charge in [0.05, 0.1) is 5.69 Å². The summed E-state index contributed by atoms with van der Waals surface area (Å²) in [6, 6.07) is 12.0. The molecule has 0 fully saturated rings. The lowest BCUT2D eigenvalue weighted by Crippen LogP contribution is -2.12. The first-order valence-corrected chi connectivity index (χ1v) is 9.81. The molecule has 2 heterocycles. The van der Waals surface area contributed by atoms with Crippen LogP contribution >= 0.6 is 11.3 Å². The molecule has 0 aliphatic heterocycles. The van der Waals surface area contributed by atoms with Gasteiger partial charge in [-0.25, -0.2) is 15.0 Å². The maximum absolute atomic E-state index is 8.84. The van der Waals surface area contributed by atoms with E-state index in [2.05, 4.69) is 37.7 Å². The van der Waals surface area contributed by atoms with Gasteiger partial charge in [0.15, 0.2) is 5.13 Å². The highest BCUT2D eigenvalue weighted by Gasteiger charge is 2.11. The number of anilines is 3. The zero-order valence-electron chi connectivity index (χ0n) is 15.0. The van der Waals surface area contributed by atoms with Crippen molar-refractivity contribution in [1.29, 1.82) is 0 Å². The molecule has 0 aliphatic rings. The number of hydrogen-bond donors (Lipinski definition) is 4. The summed E-state index contributed by atoms with van der Waals surface area (Å²) in [6.45, 7) is 0.806. The second-order valence-corrected chi connectivity index (χ2v) is 6.98. The molecule has 0 saturated heterocycles. The Balaban J connectivity index is 1.55. The van der Waals surface area contributed by atoms with E-state index in [1.807, 2.05) is 29.6 Å². The number of nitrogens with one attached hydrogen (secondary N) is 2. The highest BCUT2D eigenvalue weighted by atomic mass is 32.1. The molecule has 1 aromatic carbocycles. The number of thiazole rings is 1. The maximum atomic E-state index is 8.84. The number of rotatable bonds is 10. The Morgan fingerprint density at radius 3 is 2.78 bits per heavy atom. The Hall–Kier alpha value is -2.55. The number of aromatic nitrogens is 3. The molecule has 0 spiro atoms. The molecule has 0 bridgehead atoms. The van der Waals surface area contributed by atoms with E-state index in [-0.39, 0.29) is 12.6 Å². The monoisotopic (exact) mass is 384 g/mol. The molecule has 27 heavy (non-hydrogen) atoms. The van der Waals surface area contributed by atoms with Crippen LogP contribution in [0.1, 0.15) is 30.1 Å². The van der Waals surface area contributed by atoms with E-state index >= 15 is 0 Å². The normalized spacial score (nSPS) is 11.9. The average molecular weight is 385 g/mol. The quantitative estimate of drug-likeness (QED) is 0.398. The zero-order valence-corrected chi connectivity index (χ0v) is 15.8. The van der Waals surface area contributed by atoms with Crippen LogP contribution in [-0.2, 0) is 6.42 Å². The third-order valence-electron chi connectivity index (χ3n) is 4.03. The lowest BCUT2D eigenvalue weighted by atomic mass is 10.0. The maximum Gasteiger partial charge on any atom is 0.188 e. The van der Waals surface area contributed by atoms with Crippen molar-refractivity contribution in [3.63, 3.8) is 0 Å². The fraction of sp³-hybridized carbons (Fsp3) is 0.316. The second-order valence-electron chi connectivity index (χ2n) is 6.13. The number of aliphatic hydroxyl groups excluding tert-OH is 1. The molecule has 3 rings (SSSR count). The summed E-state index contributed by atoms with van der Waals surface area (Å²) in [5.41, 5.74) is 8.47. The van der Waals surface area contributed by atoms with Gasteiger partial charge >= 0.3 is 0 Å². The minimum atomic E-state index is -0.0990. The predicted molar refractivity (Wildman–Crippen MR) is 109 cm³/mol. The van der Waals surface area contributed by atoms with Gasteiger partial charge in [-0.15, -0.1) is 11.3 Å². The number of nitrogens with zero attached hydrogens (tertiary/aromatic N) is 3. The Labute approximate surface area is 162 Å². The number of nitrogens with two attached hydrogens (primary N) is 1. The molecular formula is C19H24N6OS. The van der Waals surface area contributed by atoms with Crippen molar-refractivity contribution in [2.24, 2.45) is 5.73 Å². The summed E-state index contributed by atoms with van der Waals surface area (Å²) < 4.78 is 0. The van der Waals surface area contributed by atoms with Crippen LogP contribution in [0.4, 0.5) is 16.8 Å². The van der Waals surface area contributed by atoms with Gasteiger partial charge in [-0.3, -0.25) is 0 Å². The molecule has 8 heteroatoms. The predicted octanol–water partition coefficient (Wildman–Crippen LogP) is 3.10. The Kier molecular flexibility index (Phi) is 7.09. The van der Waals surface area contributed by atoms with Crippen molar-refractivity contribution < 1.29 is 5.11 Å². The molecular weight excluding hydrogens is 360 g/mol. The fourth-order valence-corrected chi connectivity index (χ4v) is 3.34. The highest BCUT2D eigenvalue weighted by Crippen LogP contribution is 2.25. The van der Waals surface area contributed by atoms with Gasteiger partial charge < -0.3 is 21.5 Å². The van der Waals surface area contributed by atoms with Crippen LogP contribution in [0.2, 0.25) is 0 Å². The summed E-state index contributed by atoms with van der Waals surface area (Å²) >= 11 is 1.51. The molecule has 1 atom stereocenters. The van der Waals surface area contributed by atoms with E-state index in [4.69, 9.17) is 10.8 Å². The van der Waals surface area contributed by atoms with Gasteiger partial charge in [0, 0.05) is 30.6 Å². The van der Waals surface area contributed by atoms with Crippen molar-refractivity contribution in [2.45, 2.75) is 25.3 Å². The largest absolute Gasteiger partial charge is 0.396 e. The smallest absolute Gasteiger partial charge is 0.188 e. The third kappa shape index (κ3) is 5.99. The Bertz CT molecular complexity index is 826. The molecule has 7 nitrogen and oxygen atoms in total. The van der Waals surface area contributed by atoms with Crippen LogP contribution in [0.15, 0.2) is 48.1 Å². The molecule has 0 amide bonds. The van der Waals surface area contributed by atoms with Gasteiger partial charge in [-0.05, 0) is 24.8 Å². The zero-order chi connectivity index (χ0) is 18.9. The van der Waals surface area contributed by atoms with Crippen LogP contribution in [-0.4, -0.2) is 33.2 Å². The molecule has 5 N–H and O–H groups in total. The minimum Gasteiger partial charge on any atom is -0.396 e. The van der Waals surface area contributed by atoms with Crippen molar-refractivity contribution in [2.75, 3.05) is 23.8 Å².